The molecule has 5 heterocycles. The van der Waals surface area contributed by atoms with Crippen LogP contribution in [0.2, 0.25) is 0 Å². The summed E-state index contributed by atoms with van der Waals surface area (Å²) in [7, 11) is 1.82. The standard InChI is InChI=1S/C25H24F4N8/c1-35-11-16(10-31-35)18-9-21-14(8-19(18)26)2-4-20(32-21)24-34-33-22-5-3-15(12-37(22)24)23(25(27,28)29)36-7-6-17(30)13-36/h2-5,8-10,12,16-17,23H,6-7,11,13,30H2,1H3/t16?,17-,23+/m0/s1. The van der Waals surface area contributed by atoms with Gasteiger partial charge in [-0.05, 0) is 36.2 Å². The summed E-state index contributed by atoms with van der Waals surface area (Å²) in [5, 5.41) is 14.9. The molecule has 3 atom stereocenters. The lowest BCUT2D eigenvalue weighted by atomic mass is 9.98. The van der Waals surface area contributed by atoms with Crippen LogP contribution < -0.4 is 5.73 Å². The highest BCUT2D eigenvalue weighted by atomic mass is 19.4. The summed E-state index contributed by atoms with van der Waals surface area (Å²) in [4.78, 5) is 6.04. The zero-order chi connectivity index (χ0) is 25.9. The zero-order valence-corrected chi connectivity index (χ0v) is 19.9. The summed E-state index contributed by atoms with van der Waals surface area (Å²) < 4.78 is 58.8. The highest BCUT2D eigenvalue weighted by Crippen LogP contribution is 2.39. The van der Waals surface area contributed by atoms with Gasteiger partial charge in [0.2, 0.25) is 0 Å². The molecular formula is C25H24F4N8. The van der Waals surface area contributed by atoms with Gasteiger partial charge >= 0.3 is 6.18 Å². The van der Waals surface area contributed by atoms with Crippen molar-refractivity contribution in [1.82, 2.24) is 29.5 Å². The molecule has 0 aliphatic carbocycles. The van der Waals surface area contributed by atoms with Crippen LogP contribution in [0.25, 0.3) is 28.1 Å². The highest BCUT2D eigenvalue weighted by Gasteiger charge is 2.46. The SMILES string of the molecule is CN1CC(c2cc3nc(-c4nnc5ccc([C@@H](N6CC[C@H](N)C6)C(F)(F)F)cn45)ccc3cc2F)C=N1. The Morgan fingerprint density at radius 2 is 1.92 bits per heavy atom. The average Bonchev–Trinajstić information content (AvgIpc) is 3.57. The van der Waals surface area contributed by atoms with Crippen molar-refractivity contribution in [1.29, 1.82) is 0 Å². The van der Waals surface area contributed by atoms with E-state index in [0.29, 0.717) is 46.6 Å². The molecular weight excluding hydrogens is 488 g/mol. The third kappa shape index (κ3) is 4.29. The Morgan fingerprint density at radius 3 is 2.62 bits per heavy atom. The van der Waals surface area contributed by atoms with E-state index in [1.165, 1.54) is 33.7 Å². The van der Waals surface area contributed by atoms with Crippen LogP contribution in [0.5, 0.6) is 0 Å². The quantitative estimate of drug-likeness (QED) is 0.420. The van der Waals surface area contributed by atoms with Gasteiger partial charge in [0.05, 0.1) is 5.52 Å². The lowest BCUT2D eigenvalue weighted by Gasteiger charge is -2.30. The van der Waals surface area contributed by atoms with Crippen molar-refractivity contribution in [3.63, 3.8) is 0 Å². The lowest BCUT2D eigenvalue weighted by Crippen LogP contribution is -2.38. The Labute approximate surface area is 209 Å². The molecule has 192 valence electrons. The van der Waals surface area contributed by atoms with Crippen molar-refractivity contribution in [2.24, 2.45) is 10.8 Å². The second kappa shape index (κ2) is 8.73. The summed E-state index contributed by atoms with van der Waals surface area (Å²) in [6, 6.07) is 7.37. The minimum Gasteiger partial charge on any atom is -0.326 e. The largest absolute Gasteiger partial charge is 0.408 e. The molecule has 0 amide bonds. The molecule has 1 fully saturated rings. The number of nitrogens with zero attached hydrogens (tertiary/aromatic N) is 7. The maximum Gasteiger partial charge on any atom is 0.408 e. The smallest absolute Gasteiger partial charge is 0.326 e. The number of hydrogen-bond donors (Lipinski definition) is 1. The van der Waals surface area contributed by atoms with E-state index in [4.69, 9.17) is 5.73 Å². The van der Waals surface area contributed by atoms with Gasteiger partial charge in [-0.3, -0.25) is 14.3 Å². The second-order valence-electron chi connectivity index (χ2n) is 9.68. The van der Waals surface area contributed by atoms with E-state index in [0.717, 1.165) is 0 Å². The number of likely N-dealkylation sites (tertiary alicyclic amines) is 1. The van der Waals surface area contributed by atoms with Crippen LogP contribution in [0.1, 0.15) is 29.5 Å². The van der Waals surface area contributed by atoms with Gasteiger partial charge in [-0.1, -0.05) is 12.1 Å². The monoisotopic (exact) mass is 512 g/mol. The van der Waals surface area contributed by atoms with Crippen LogP contribution in [0, 0.1) is 5.82 Å². The molecule has 0 bridgehead atoms. The molecule has 2 aliphatic heterocycles. The molecule has 3 aromatic heterocycles. The zero-order valence-electron chi connectivity index (χ0n) is 19.9. The van der Waals surface area contributed by atoms with Crippen LogP contribution in [0.15, 0.2) is 47.7 Å². The molecule has 37 heavy (non-hydrogen) atoms. The summed E-state index contributed by atoms with van der Waals surface area (Å²) in [6.45, 7) is 0.997. The summed E-state index contributed by atoms with van der Waals surface area (Å²) in [6.07, 6.45) is -0.851. The first-order valence-corrected chi connectivity index (χ1v) is 11.9. The molecule has 1 saturated heterocycles. The molecule has 6 rings (SSSR count). The Balaban J connectivity index is 1.42. The summed E-state index contributed by atoms with van der Waals surface area (Å²) in [5.41, 5.74) is 7.80. The van der Waals surface area contributed by atoms with Crippen molar-refractivity contribution in [3.8, 4) is 11.5 Å². The van der Waals surface area contributed by atoms with Gasteiger partial charge < -0.3 is 5.73 Å². The summed E-state index contributed by atoms with van der Waals surface area (Å²) in [5.74, 6) is -0.244. The molecule has 1 aromatic carbocycles. The minimum atomic E-state index is -4.48. The van der Waals surface area contributed by atoms with Crippen LogP contribution in [-0.2, 0) is 0 Å². The molecule has 2 aliphatic rings. The first kappa shape index (κ1) is 23.7. The second-order valence-corrected chi connectivity index (χ2v) is 9.68. The van der Waals surface area contributed by atoms with Crippen molar-refractivity contribution in [3.05, 3.63) is 59.5 Å². The topological polar surface area (TPSA) is 87.9 Å². The molecule has 8 nitrogen and oxygen atoms in total. The first-order valence-electron chi connectivity index (χ1n) is 11.9. The number of aromatic nitrogens is 4. The van der Waals surface area contributed by atoms with Crippen LogP contribution in [0.3, 0.4) is 0 Å². The van der Waals surface area contributed by atoms with Gasteiger partial charge in [0.15, 0.2) is 11.5 Å². The molecule has 0 spiro atoms. The predicted octanol–water partition coefficient (Wildman–Crippen LogP) is 3.73. The third-order valence-corrected chi connectivity index (χ3v) is 7.01. The maximum atomic E-state index is 14.8. The van der Waals surface area contributed by atoms with E-state index in [1.54, 1.807) is 29.4 Å². The number of pyridine rings is 2. The predicted molar refractivity (Wildman–Crippen MR) is 131 cm³/mol. The van der Waals surface area contributed by atoms with Crippen LogP contribution in [0.4, 0.5) is 17.6 Å². The number of likely N-dealkylation sites (N-methyl/N-ethyl adjacent to an activating group) is 1. The number of alkyl halides is 3. The van der Waals surface area contributed by atoms with Gasteiger partial charge in [-0.2, -0.15) is 18.3 Å². The van der Waals surface area contributed by atoms with E-state index in [1.807, 2.05) is 7.05 Å². The fourth-order valence-electron chi connectivity index (χ4n) is 5.22. The number of hydrogen-bond acceptors (Lipinski definition) is 7. The number of benzene rings is 1. The van der Waals surface area contributed by atoms with Gasteiger partial charge in [0.1, 0.15) is 17.6 Å². The van der Waals surface area contributed by atoms with Crippen molar-refractivity contribution < 1.29 is 17.6 Å². The van der Waals surface area contributed by atoms with Gasteiger partial charge in [-0.15, -0.1) is 10.2 Å². The van der Waals surface area contributed by atoms with Crippen LogP contribution in [-0.4, -0.2) is 74.6 Å². The molecule has 0 saturated carbocycles. The fraction of sp³-hybridized carbons (Fsp3) is 0.360. The van der Waals surface area contributed by atoms with E-state index in [-0.39, 0.29) is 36.4 Å². The van der Waals surface area contributed by atoms with Crippen molar-refractivity contribution >= 4 is 22.8 Å². The molecule has 1 unspecified atom stereocenters. The lowest BCUT2D eigenvalue weighted by molar-refractivity contribution is -0.183. The van der Waals surface area contributed by atoms with Gasteiger partial charge in [0, 0.05) is 62.0 Å². The normalized spacial score (nSPS) is 21.5. The maximum absolute atomic E-state index is 14.8. The Hall–Kier alpha value is -3.64. The van der Waals surface area contributed by atoms with E-state index < -0.39 is 12.2 Å². The number of fused-ring (bicyclic) bond motifs is 2. The molecule has 2 N–H and O–H groups in total. The van der Waals surface area contributed by atoms with E-state index in [9.17, 15) is 17.6 Å². The van der Waals surface area contributed by atoms with Gasteiger partial charge in [-0.25, -0.2) is 9.37 Å². The average molecular weight is 513 g/mol. The molecule has 12 heteroatoms. The van der Waals surface area contributed by atoms with Gasteiger partial charge in [0.25, 0.3) is 0 Å². The van der Waals surface area contributed by atoms with Crippen LogP contribution >= 0.6 is 0 Å². The Kier molecular flexibility index (Phi) is 5.60. The number of nitrogens with two attached hydrogens (primary N) is 1. The highest BCUT2D eigenvalue weighted by molar-refractivity contribution is 5.83. The van der Waals surface area contributed by atoms with Crippen molar-refractivity contribution in [2.45, 2.75) is 30.6 Å². The molecule has 4 aromatic rings. The number of halogens is 4. The van der Waals surface area contributed by atoms with Crippen molar-refractivity contribution in [2.75, 3.05) is 26.7 Å². The molecule has 0 radical (unpaired) electrons. The van der Waals surface area contributed by atoms with E-state index in [2.05, 4.69) is 20.3 Å². The number of rotatable bonds is 4. The Morgan fingerprint density at radius 1 is 1.08 bits per heavy atom. The third-order valence-electron chi connectivity index (χ3n) is 7.01. The first-order chi connectivity index (χ1) is 17.7. The van der Waals surface area contributed by atoms with E-state index >= 15 is 0 Å². The summed E-state index contributed by atoms with van der Waals surface area (Å²) >= 11 is 0. The Bertz CT molecular complexity index is 1510. The minimum absolute atomic E-state index is 0.0740. The number of hydrazone groups is 1. The fourth-order valence-corrected chi connectivity index (χ4v) is 5.22.